The second-order valence-corrected chi connectivity index (χ2v) is 8.42. The maximum atomic E-state index is 12.6. The van der Waals surface area contributed by atoms with E-state index in [0.717, 1.165) is 28.2 Å². The molecule has 3 aromatic rings. The van der Waals surface area contributed by atoms with Crippen LogP contribution in [0.4, 0.5) is 5.82 Å². The lowest BCUT2D eigenvalue weighted by molar-refractivity contribution is -0.114. The molecule has 0 unspecified atom stereocenters. The summed E-state index contributed by atoms with van der Waals surface area (Å²) in [6.45, 7) is 2.02. The van der Waals surface area contributed by atoms with Crippen LogP contribution >= 0.6 is 23.1 Å². The lowest BCUT2D eigenvalue weighted by Gasteiger charge is -2.08. The molecule has 2 N–H and O–H groups in total. The molecule has 30 heavy (non-hydrogen) atoms. The molecule has 2 aromatic heterocycles. The number of nitrogens with zero attached hydrogens (tertiary/aromatic N) is 1. The number of methoxy groups -OCH3 is 1. The van der Waals surface area contributed by atoms with Crippen LogP contribution < -0.4 is 15.4 Å². The molecule has 0 bridgehead atoms. The molecule has 0 aliphatic heterocycles. The van der Waals surface area contributed by atoms with E-state index in [1.54, 1.807) is 25.1 Å². The number of hydrogen-bond donors (Lipinski definition) is 2. The number of carbonyl (C=O) groups is 2. The third-order valence-corrected chi connectivity index (χ3v) is 6.39. The molecule has 0 saturated heterocycles. The van der Waals surface area contributed by atoms with E-state index in [1.165, 1.54) is 18.3 Å². The summed E-state index contributed by atoms with van der Waals surface area (Å²) >= 11 is 3.03. The molecular formula is C22H23N3O3S2. The van der Waals surface area contributed by atoms with Crippen molar-refractivity contribution in [1.82, 2.24) is 10.3 Å². The average Bonchev–Trinajstić information content (AvgIpc) is 3.21. The molecule has 0 fully saturated rings. The zero-order valence-electron chi connectivity index (χ0n) is 16.8. The van der Waals surface area contributed by atoms with Crippen molar-refractivity contribution in [2.24, 2.45) is 0 Å². The minimum Gasteiger partial charge on any atom is -0.497 e. The quantitative estimate of drug-likeness (QED) is 0.482. The van der Waals surface area contributed by atoms with Gasteiger partial charge in [0.2, 0.25) is 5.91 Å². The van der Waals surface area contributed by atoms with Crippen LogP contribution in [0.5, 0.6) is 5.75 Å². The molecule has 1 aromatic carbocycles. The van der Waals surface area contributed by atoms with Crippen LogP contribution in [0, 0.1) is 0 Å². The van der Waals surface area contributed by atoms with E-state index in [-0.39, 0.29) is 11.8 Å². The van der Waals surface area contributed by atoms with Crippen molar-refractivity contribution in [2.45, 2.75) is 24.0 Å². The Kier molecular flexibility index (Phi) is 7.87. The molecule has 0 aliphatic rings. The van der Waals surface area contributed by atoms with Gasteiger partial charge < -0.3 is 15.4 Å². The third kappa shape index (κ3) is 6.33. The molecule has 156 valence electrons. The standard InChI is InChI=1S/C22H23N3O3S2/c1-15(26)25-20-13-17(8-10-23-20)14-30-19-9-12-29-21(19)22(27)24-11-7-16-3-5-18(28-2)6-4-16/h3-6,8-10,12-13H,7,11,14H2,1-2H3,(H,24,27)(H,23,25,26). The van der Waals surface area contributed by atoms with Crippen molar-refractivity contribution >= 4 is 40.7 Å². The first-order valence-corrected chi connectivity index (χ1v) is 11.3. The summed E-state index contributed by atoms with van der Waals surface area (Å²) in [5.74, 6) is 1.81. The average molecular weight is 442 g/mol. The number of carbonyl (C=O) groups excluding carboxylic acids is 2. The van der Waals surface area contributed by atoms with E-state index in [4.69, 9.17) is 4.74 Å². The van der Waals surface area contributed by atoms with Crippen LogP contribution in [0.25, 0.3) is 0 Å². The number of rotatable bonds is 9. The summed E-state index contributed by atoms with van der Waals surface area (Å²) in [5, 5.41) is 7.61. The SMILES string of the molecule is COc1ccc(CCNC(=O)c2sccc2SCc2ccnc(NC(C)=O)c2)cc1. The maximum absolute atomic E-state index is 12.6. The Bertz CT molecular complexity index is 1000. The first kappa shape index (κ1) is 21.9. The number of pyridine rings is 1. The van der Waals surface area contributed by atoms with Gasteiger partial charge in [-0.15, -0.1) is 23.1 Å². The largest absolute Gasteiger partial charge is 0.497 e. The van der Waals surface area contributed by atoms with Crippen molar-refractivity contribution in [2.75, 3.05) is 19.0 Å². The molecule has 0 radical (unpaired) electrons. The van der Waals surface area contributed by atoms with Crippen LogP contribution in [0.15, 0.2) is 58.9 Å². The number of thioether (sulfide) groups is 1. The highest BCUT2D eigenvalue weighted by Crippen LogP contribution is 2.30. The van der Waals surface area contributed by atoms with Gasteiger partial charge in [-0.05, 0) is 53.3 Å². The van der Waals surface area contributed by atoms with Gasteiger partial charge in [-0.2, -0.15) is 0 Å². The zero-order valence-corrected chi connectivity index (χ0v) is 18.4. The third-order valence-electron chi connectivity index (χ3n) is 4.22. The summed E-state index contributed by atoms with van der Waals surface area (Å²) in [7, 11) is 1.64. The first-order chi connectivity index (χ1) is 14.5. The highest BCUT2D eigenvalue weighted by atomic mass is 32.2. The van der Waals surface area contributed by atoms with E-state index in [0.29, 0.717) is 23.0 Å². The first-order valence-electron chi connectivity index (χ1n) is 9.39. The van der Waals surface area contributed by atoms with Crippen LogP contribution in [-0.4, -0.2) is 30.5 Å². The lowest BCUT2D eigenvalue weighted by Crippen LogP contribution is -2.25. The van der Waals surface area contributed by atoms with Crippen molar-refractivity contribution in [3.63, 3.8) is 0 Å². The molecule has 0 aliphatic carbocycles. The number of thiophene rings is 1. The van der Waals surface area contributed by atoms with Gasteiger partial charge in [0.05, 0.1) is 7.11 Å². The van der Waals surface area contributed by atoms with E-state index in [9.17, 15) is 9.59 Å². The molecule has 8 heteroatoms. The van der Waals surface area contributed by atoms with E-state index < -0.39 is 0 Å². The Balaban J connectivity index is 1.52. The molecule has 6 nitrogen and oxygen atoms in total. The topological polar surface area (TPSA) is 80.3 Å². The van der Waals surface area contributed by atoms with Crippen molar-refractivity contribution in [1.29, 1.82) is 0 Å². The summed E-state index contributed by atoms with van der Waals surface area (Å²) < 4.78 is 5.16. The van der Waals surface area contributed by atoms with Crippen molar-refractivity contribution in [3.05, 3.63) is 70.0 Å². The van der Waals surface area contributed by atoms with E-state index in [1.807, 2.05) is 47.8 Å². The van der Waals surface area contributed by atoms with Crippen molar-refractivity contribution in [3.8, 4) is 5.75 Å². The number of benzene rings is 1. The smallest absolute Gasteiger partial charge is 0.262 e. The van der Waals surface area contributed by atoms with Gasteiger partial charge in [-0.25, -0.2) is 4.98 Å². The fourth-order valence-electron chi connectivity index (χ4n) is 2.74. The van der Waals surface area contributed by atoms with Crippen LogP contribution in [0.3, 0.4) is 0 Å². The molecule has 0 spiro atoms. The lowest BCUT2D eigenvalue weighted by atomic mass is 10.1. The molecular weight excluding hydrogens is 418 g/mol. The number of amides is 2. The van der Waals surface area contributed by atoms with Gasteiger partial charge in [0.15, 0.2) is 0 Å². The Morgan fingerprint density at radius 2 is 1.93 bits per heavy atom. The van der Waals surface area contributed by atoms with Gasteiger partial charge in [-0.3, -0.25) is 9.59 Å². The number of ether oxygens (including phenoxy) is 1. The summed E-state index contributed by atoms with van der Waals surface area (Å²) in [6, 6.07) is 13.5. The number of aromatic nitrogens is 1. The molecule has 3 rings (SSSR count). The zero-order chi connectivity index (χ0) is 21.3. The van der Waals surface area contributed by atoms with E-state index in [2.05, 4.69) is 15.6 Å². The summed E-state index contributed by atoms with van der Waals surface area (Å²) in [6.07, 6.45) is 2.42. The summed E-state index contributed by atoms with van der Waals surface area (Å²) in [4.78, 5) is 29.6. The number of hydrogen-bond acceptors (Lipinski definition) is 6. The van der Waals surface area contributed by atoms with Gasteiger partial charge >= 0.3 is 0 Å². The second-order valence-electron chi connectivity index (χ2n) is 6.49. The Morgan fingerprint density at radius 3 is 2.67 bits per heavy atom. The highest BCUT2D eigenvalue weighted by molar-refractivity contribution is 7.98. The molecule has 0 saturated carbocycles. The minimum atomic E-state index is -0.154. The highest BCUT2D eigenvalue weighted by Gasteiger charge is 2.13. The Hall–Kier alpha value is -2.84. The second kappa shape index (κ2) is 10.8. The Morgan fingerprint density at radius 1 is 1.13 bits per heavy atom. The monoisotopic (exact) mass is 441 g/mol. The van der Waals surface area contributed by atoms with Crippen LogP contribution in [0.2, 0.25) is 0 Å². The Labute approximate surface area is 184 Å². The molecule has 2 amide bonds. The fourth-order valence-corrected chi connectivity index (χ4v) is 4.74. The predicted octanol–water partition coefficient (Wildman–Crippen LogP) is 4.37. The fraction of sp³-hybridized carbons (Fsp3) is 0.227. The maximum Gasteiger partial charge on any atom is 0.262 e. The van der Waals surface area contributed by atoms with Gasteiger partial charge in [-0.1, -0.05) is 12.1 Å². The molecule has 0 atom stereocenters. The van der Waals surface area contributed by atoms with E-state index >= 15 is 0 Å². The normalized spacial score (nSPS) is 10.5. The van der Waals surface area contributed by atoms with Crippen LogP contribution in [0.1, 0.15) is 27.7 Å². The van der Waals surface area contributed by atoms with Gasteiger partial charge in [0, 0.05) is 30.3 Å². The van der Waals surface area contributed by atoms with Gasteiger partial charge in [0.1, 0.15) is 16.4 Å². The number of anilines is 1. The minimum absolute atomic E-state index is 0.0605. The molecule has 2 heterocycles. The van der Waals surface area contributed by atoms with Crippen molar-refractivity contribution < 1.29 is 14.3 Å². The summed E-state index contributed by atoms with van der Waals surface area (Å²) in [5.41, 5.74) is 2.17. The van der Waals surface area contributed by atoms with Crippen LogP contribution in [-0.2, 0) is 17.0 Å². The van der Waals surface area contributed by atoms with Gasteiger partial charge in [0.25, 0.3) is 5.91 Å². The number of nitrogens with one attached hydrogen (secondary N) is 2. The predicted molar refractivity (Wildman–Crippen MR) is 121 cm³/mol.